The molecular weight excluding hydrogens is 206 g/mol. The molecule has 0 aliphatic rings. The molecule has 0 fully saturated rings. The summed E-state index contributed by atoms with van der Waals surface area (Å²) in [4.78, 5) is 4.17. The van der Waals surface area contributed by atoms with Crippen LogP contribution in [0.3, 0.4) is 0 Å². The normalized spacial score (nSPS) is 16.1. The summed E-state index contributed by atoms with van der Waals surface area (Å²) in [5, 5.41) is 12.6. The molecule has 5 heteroatoms. The van der Waals surface area contributed by atoms with E-state index >= 15 is 0 Å². The zero-order valence-electron chi connectivity index (χ0n) is 10.4. The van der Waals surface area contributed by atoms with Gasteiger partial charge in [0, 0.05) is 6.42 Å². The van der Waals surface area contributed by atoms with Crippen molar-refractivity contribution in [3.63, 3.8) is 0 Å². The Hall–Kier alpha value is -0.940. The van der Waals surface area contributed by atoms with Gasteiger partial charge < -0.3 is 15.4 Å². The number of rotatable bonds is 4. The summed E-state index contributed by atoms with van der Waals surface area (Å²) >= 11 is 0. The molecule has 0 aliphatic carbocycles. The Kier molecular flexibility index (Phi) is 4.04. The van der Waals surface area contributed by atoms with Crippen molar-refractivity contribution in [2.45, 2.75) is 40.2 Å². The van der Waals surface area contributed by atoms with Crippen LogP contribution in [-0.2, 0) is 6.42 Å². The first-order valence-electron chi connectivity index (χ1n) is 5.53. The lowest BCUT2D eigenvalue weighted by atomic mass is 9.80. The van der Waals surface area contributed by atoms with Gasteiger partial charge in [0.05, 0.1) is 12.6 Å². The van der Waals surface area contributed by atoms with E-state index in [1.165, 1.54) is 0 Å². The van der Waals surface area contributed by atoms with Gasteiger partial charge in [-0.15, -0.1) is 0 Å². The molecule has 1 heterocycles. The SMILES string of the molecule is CC(Cc1nc(C(N)CO)no1)C(C)(C)C. The zero-order valence-corrected chi connectivity index (χ0v) is 10.4. The van der Waals surface area contributed by atoms with Crippen molar-refractivity contribution in [1.82, 2.24) is 10.1 Å². The van der Waals surface area contributed by atoms with E-state index in [1.54, 1.807) is 0 Å². The van der Waals surface area contributed by atoms with Gasteiger partial charge in [-0.1, -0.05) is 32.9 Å². The summed E-state index contributed by atoms with van der Waals surface area (Å²) in [6.45, 7) is 8.50. The van der Waals surface area contributed by atoms with E-state index in [9.17, 15) is 0 Å². The quantitative estimate of drug-likeness (QED) is 0.809. The Labute approximate surface area is 96.0 Å². The van der Waals surface area contributed by atoms with E-state index in [-0.39, 0.29) is 12.0 Å². The standard InChI is InChI=1S/C11H21N3O2/c1-7(11(2,3)4)5-9-13-10(14-16-9)8(12)6-15/h7-8,15H,5-6,12H2,1-4H3. The number of aliphatic hydroxyl groups is 1. The summed E-state index contributed by atoms with van der Waals surface area (Å²) in [6, 6.07) is -0.553. The summed E-state index contributed by atoms with van der Waals surface area (Å²) in [5.74, 6) is 1.39. The molecule has 2 unspecified atom stereocenters. The van der Waals surface area contributed by atoms with Crippen LogP contribution in [0.2, 0.25) is 0 Å². The summed E-state index contributed by atoms with van der Waals surface area (Å²) in [6.07, 6.45) is 0.731. The first-order chi connectivity index (χ1) is 7.34. The van der Waals surface area contributed by atoms with Gasteiger partial charge >= 0.3 is 0 Å². The third-order valence-corrected chi connectivity index (χ3v) is 2.97. The molecule has 0 saturated carbocycles. The van der Waals surface area contributed by atoms with Crippen molar-refractivity contribution < 1.29 is 9.63 Å². The zero-order chi connectivity index (χ0) is 12.3. The van der Waals surface area contributed by atoms with Crippen molar-refractivity contribution in [3.05, 3.63) is 11.7 Å². The predicted octanol–water partition coefficient (Wildman–Crippen LogP) is 1.29. The van der Waals surface area contributed by atoms with Gasteiger partial charge in [0.1, 0.15) is 0 Å². The minimum absolute atomic E-state index is 0.173. The van der Waals surface area contributed by atoms with E-state index in [1.807, 2.05) is 0 Å². The Bertz CT molecular complexity index is 330. The van der Waals surface area contributed by atoms with E-state index in [2.05, 4.69) is 37.8 Å². The third-order valence-electron chi connectivity index (χ3n) is 2.97. The Morgan fingerprint density at radius 1 is 1.44 bits per heavy atom. The minimum atomic E-state index is -0.553. The molecule has 16 heavy (non-hydrogen) atoms. The average Bonchev–Trinajstić information content (AvgIpc) is 2.63. The van der Waals surface area contributed by atoms with Gasteiger partial charge in [0.15, 0.2) is 5.82 Å². The molecule has 0 aromatic carbocycles. The second-order valence-corrected chi connectivity index (χ2v) is 5.31. The monoisotopic (exact) mass is 227 g/mol. The largest absolute Gasteiger partial charge is 0.394 e. The molecule has 0 bridgehead atoms. The second-order valence-electron chi connectivity index (χ2n) is 5.31. The lowest BCUT2D eigenvalue weighted by Gasteiger charge is -2.25. The van der Waals surface area contributed by atoms with Gasteiger partial charge in [-0.3, -0.25) is 0 Å². The fourth-order valence-corrected chi connectivity index (χ4v) is 1.15. The van der Waals surface area contributed by atoms with Gasteiger partial charge in [0.2, 0.25) is 5.89 Å². The van der Waals surface area contributed by atoms with Gasteiger partial charge in [0.25, 0.3) is 0 Å². The summed E-state index contributed by atoms with van der Waals surface area (Å²) in [5.41, 5.74) is 5.79. The highest BCUT2D eigenvalue weighted by molar-refractivity contribution is 4.94. The number of aromatic nitrogens is 2. The van der Waals surface area contributed by atoms with Gasteiger partial charge in [-0.2, -0.15) is 4.98 Å². The third kappa shape index (κ3) is 3.28. The van der Waals surface area contributed by atoms with Crippen molar-refractivity contribution >= 4 is 0 Å². The number of aliphatic hydroxyl groups excluding tert-OH is 1. The van der Waals surface area contributed by atoms with Crippen LogP contribution in [0.15, 0.2) is 4.52 Å². The summed E-state index contributed by atoms with van der Waals surface area (Å²) in [7, 11) is 0. The topological polar surface area (TPSA) is 85.2 Å². The highest BCUT2D eigenvalue weighted by atomic mass is 16.5. The highest BCUT2D eigenvalue weighted by Gasteiger charge is 2.23. The van der Waals surface area contributed by atoms with Crippen molar-refractivity contribution in [1.29, 1.82) is 0 Å². The Morgan fingerprint density at radius 2 is 2.06 bits per heavy atom. The van der Waals surface area contributed by atoms with E-state index < -0.39 is 6.04 Å². The van der Waals surface area contributed by atoms with Crippen molar-refractivity contribution in [3.8, 4) is 0 Å². The van der Waals surface area contributed by atoms with Crippen LogP contribution in [0.4, 0.5) is 0 Å². The van der Waals surface area contributed by atoms with E-state index in [0.717, 1.165) is 6.42 Å². The van der Waals surface area contributed by atoms with Crippen LogP contribution < -0.4 is 5.73 Å². The van der Waals surface area contributed by atoms with Crippen LogP contribution in [0.25, 0.3) is 0 Å². The van der Waals surface area contributed by atoms with Crippen LogP contribution in [0, 0.1) is 11.3 Å². The first kappa shape index (κ1) is 13.1. The number of hydrogen-bond acceptors (Lipinski definition) is 5. The van der Waals surface area contributed by atoms with Gasteiger partial charge in [-0.25, -0.2) is 0 Å². The summed E-state index contributed by atoms with van der Waals surface area (Å²) < 4.78 is 5.10. The predicted molar refractivity (Wildman–Crippen MR) is 60.6 cm³/mol. The molecule has 0 radical (unpaired) electrons. The fraction of sp³-hybridized carbons (Fsp3) is 0.818. The number of nitrogens with two attached hydrogens (primary N) is 1. The molecule has 92 valence electrons. The molecule has 5 nitrogen and oxygen atoms in total. The molecule has 1 aromatic rings. The highest BCUT2D eigenvalue weighted by Crippen LogP contribution is 2.28. The fourth-order valence-electron chi connectivity index (χ4n) is 1.15. The molecule has 0 saturated heterocycles. The molecule has 0 aliphatic heterocycles. The van der Waals surface area contributed by atoms with E-state index in [4.69, 9.17) is 15.4 Å². The average molecular weight is 227 g/mol. The Morgan fingerprint density at radius 3 is 2.56 bits per heavy atom. The van der Waals surface area contributed by atoms with Crippen molar-refractivity contribution in [2.24, 2.45) is 17.1 Å². The molecular formula is C11H21N3O2. The maximum absolute atomic E-state index is 8.86. The molecule has 1 rings (SSSR count). The van der Waals surface area contributed by atoms with Gasteiger partial charge in [-0.05, 0) is 11.3 Å². The smallest absolute Gasteiger partial charge is 0.226 e. The Balaban J connectivity index is 2.66. The second kappa shape index (κ2) is 4.93. The number of nitrogens with zero attached hydrogens (tertiary/aromatic N) is 2. The lowest BCUT2D eigenvalue weighted by Crippen LogP contribution is -2.20. The molecule has 1 aromatic heterocycles. The maximum Gasteiger partial charge on any atom is 0.226 e. The van der Waals surface area contributed by atoms with Crippen LogP contribution >= 0.6 is 0 Å². The molecule has 0 amide bonds. The lowest BCUT2D eigenvalue weighted by molar-refractivity contribution is 0.235. The number of hydrogen-bond donors (Lipinski definition) is 2. The van der Waals surface area contributed by atoms with E-state index in [0.29, 0.717) is 17.6 Å². The maximum atomic E-state index is 8.86. The molecule has 2 atom stereocenters. The first-order valence-corrected chi connectivity index (χ1v) is 5.53. The van der Waals surface area contributed by atoms with Crippen LogP contribution in [0.5, 0.6) is 0 Å². The molecule has 0 spiro atoms. The minimum Gasteiger partial charge on any atom is -0.394 e. The van der Waals surface area contributed by atoms with Crippen molar-refractivity contribution in [2.75, 3.05) is 6.61 Å². The molecule has 3 N–H and O–H groups in total. The van der Waals surface area contributed by atoms with Crippen LogP contribution in [0.1, 0.15) is 45.5 Å². The van der Waals surface area contributed by atoms with Crippen LogP contribution in [-0.4, -0.2) is 21.9 Å².